The number of carbonyl (C=O) groups is 1. The second kappa shape index (κ2) is 12.0. The molecule has 2 aromatic carbocycles. The summed E-state index contributed by atoms with van der Waals surface area (Å²) < 4.78 is 0. The summed E-state index contributed by atoms with van der Waals surface area (Å²) in [5.74, 6) is -2.82. The standard InChI is InChI=1S/C16H24N2O.C7H6O5.Bi.H2O/c1-10-8-13(16(3,4)5)15(19)11(2)12(10)9-14-17-6-7-18-14;8-4-1-3(7(11)12)2-5(9)6(4)10;;/h8,19H,6-7,9H2,1-5H3,(H,17,18);1-2,8-10H,(H,11,12);;1H2/q;;+2;/p-2. The third-order valence-electron chi connectivity index (χ3n) is 5.08. The minimum Gasteiger partial charge on any atom is -0.873 e. The first-order valence-corrected chi connectivity index (χ1v) is 9.87. The Morgan fingerprint density at radius 1 is 1.15 bits per heavy atom. The van der Waals surface area contributed by atoms with Gasteiger partial charge in [-0.15, -0.1) is 5.75 Å². The first-order valence-electron chi connectivity index (χ1n) is 9.87. The van der Waals surface area contributed by atoms with Crippen molar-refractivity contribution in [2.45, 2.75) is 46.5 Å². The van der Waals surface area contributed by atoms with Gasteiger partial charge in [0, 0.05) is 13.0 Å². The predicted molar refractivity (Wildman–Crippen MR) is 124 cm³/mol. The summed E-state index contributed by atoms with van der Waals surface area (Å²) in [6, 6.07) is 3.53. The third kappa shape index (κ3) is 7.47. The van der Waals surface area contributed by atoms with Gasteiger partial charge in [0.1, 0.15) is 17.3 Å². The fourth-order valence-electron chi connectivity index (χ4n) is 3.30. The van der Waals surface area contributed by atoms with Crippen LogP contribution in [0.25, 0.3) is 0 Å². The minimum absolute atomic E-state index is 0. The largest absolute Gasteiger partial charge is 2.00 e. The van der Waals surface area contributed by atoms with Crippen molar-refractivity contribution >= 4 is 38.0 Å². The van der Waals surface area contributed by atoms with Crippen molar-refractivity contribution in [2.75, 3.05) is 13.1 Å². The molecule has 0 amide bonds. The zero-order valence-corrected chi connectivity index (χ0v) is 22.8. The van der Waals surface area contributed by atoms with Gasteiger partial charge in [0.2, 0.25) is 0 Å². The summed E-state index contributed by atoms with van der Waals surface area (Å²) in [6.07, 6.45) is 0.787. The van der Waals surface area contributed by atoms with Crippen molar-refractivity contribution < 1.29 is 35.8 Å². The van der Waals surface area contributed by atoms with E-state index in [0.29, 0.717) is 11.8 Å². The maximum Gasteiger partial charge on any atom is 2.00 e. The summed E-state index contributed by atoms with van der Waals surface area (Å²) in [6.45, 7) is 12.3. The summed E-state index contributed by atoms with van der Waals surface area (Å²) in [5.41, 5.74) is 4.00. The summed E-state index contributed by atoms with van der Waals surface area (Å²) >= 11 is 0. The Morgan fingerprint density at radius 3 is 2.21 bits per heavy atom. The number of aromatic hydroxyl groups is 2. The second-order valence-corrected chi connectivity index (χ2v) is 8.50. The minimum atomic E-state index is -1.36. The molecule has 1 heterocycles. The van der Waals surface area contributed by atoms with E-state index in [1.807, 2.05) is 6.92 Å². The number of phenols is 2. The molecule has 6 N–H and O–H groups in total. The van der Waals surface area contributed by atoms with Crippen LogP contribution in [0.5, 0.6) is 23.0 Å². The van der Waals surface area contributed by atoms with Gasteiger partial charge in [-0.3, -0.25) is 4.99 Å². The fraction of sp³-hybridized carbons (Fsp3) is 0.391. The van der Waals surface area contributed by atoms with Crippen molar-refractivity contribution in [1.82, 2.24) is 5.32 Å². The first kappa shape index (κ1) is 30.4. The Balaban J connectivity index is 0.000000640. The zero-order chi connectivity index (χ0) is 23.5. The molecule has 0 aromatic heterocycles. The molecule has 0 aliphatic carbocycles. The van der Waals surface area contributed by atoms with Crippen LogP contribution in [0.2, 0.25) is 0 Å². The molecule has 0 atom stereocenters. The predicted octanol–water partition coefficient (Wildman–Crippen LogP) is 0.883. The van der Waals surface area contributed by atoms with Crippen molar-refractivity contribution in [2.24, 2.45) is 4.99 Å². The van der Waals surface area contributed by atoms with Crippen LogP contribution in [0, 0.1) is 13.8 Å². The summed E-state index contributed by atoms with van der Waals surface area (Å²) in [4.78, 5) is 14.7. The molecule has 3 radical (unpaired) electrons. The van der Waals surface area contributed by atoms with Gasteiger partial charge in [0.05, 0.1) is 12.1 Å². The average molecular weight is 655 g/mol. The number of phenolic OH excluding ortho intramolecular Hbond substituents is 2. The number of hydrogen-bond acceptors (Lipinski definition) is 7. The molecule has 1 aliphatic rings. The summed E-state index contributed by atoms with van der Waals surface area (Å²) in [5, 5.41) is 52.1. The molecule has 0 saturated heterocycles. The Hall–Kier alpha value is -2.58. The fourth-order valence-corrected chi connectivity index (χ4v) is 3.30. The molecule has 0 saturated carbocycles. The number of aliphatic imine (C=N–C) groups is 1. The van der Waals surface area contributed by atoms with Gasteiger partial charge in [-0.25, -0.2) is 4.79 Å². The Morgan fingerprint density at radius 2 is 1.76 bits per heavy atom. The number of carboxylic acids is 1. The normalized spacial score (nSPS) is 12.3. The number of nitrogens with zero attached hydrogens (tertiary/aromatic N) is 1. The Kier molecular flexibility index (Phi) is 11.1. The molecule has 0 spiro atoms. The van der Waals surface area contributed by atoms with Gasteiger partial charge in [-0.05, 0) is 47.6 Å². The molecule has 0 bridgehead atoms. The van der Waals surface area contributed by atoms with Gasteiger partial charge in [-0.1, -0.05) is 38.7 Å². The molecular formula is C23H30BiN2O7. The molecule has 1 aliphatic heterocycles. The van der Waals surface area contributed by atoms with Gasteiger partial charge >= 0.3 is 32.2 Å². The van der Waals surface area contributed by atoms with E-state index < -0.39 is 28.8 Å². The van der Waals surface area contributed by atoms with Gasteiger partial charge in [0.25, 0.3) is 0 Å². The topological polar surface area (TPSA) is 180 Å². The van der Waals surface area contributed by atoms with Gasteiger partial charge < -0.3 is 36.3 Å². The molecular weight excluding hydrogens is 625 g/mol. The quantitative estimate of drug-likeness (QED) is 0.355. The van der Waals surface area contributed by atoms with Crippen LogP contribution < -0.4 is 15.5 Å². The molecule has 179 valence electrons. The number of hydrogen-bond donors (Lipinski definition) is 4. The molecule has 3 rings (SSSR count). The molecule has 9 nitrogen and oxygen atoms in total. The third-order valence-corrected chi connectivity index (χ3v) is 5.08. The second-order valence-electron chi connectivity index (χ2n) is 8.50. The van der Waals surface area contributed by atoms with Crippen LogP contribution in [0.3, 0.4) is 0 Å². The number of aromatic carboxylic acids is 1. The van der Waals surface area contributed by atoms with E-state index in [-0.39, 0.29) is 37.1 Å². The van der Waals surface area contributed by atoms with Gasteiger partial charge in [-0.2, -0.15) is 0 Å². The van der Waals surface area contributed by atoms with Crippen LogP contribution in [-0.2, 0) is 11.8 Å². The van der Waals surface area contributed by atoms with Crippen molar-refractivity contribution in [3.63, 3.8) is 0 Å². The molecule has 2 aromatic rings. The number of amidine groups is 1. The maximum atomic E-state index is 10.6. The first-order chi connectivity index (χ1) is 14.3. The average Bonchev–Trinajstić information content (AvgIpc) is 3.18. The van der Waals surface area contributed by atoms with E-state index in [1.165, 1.54) is 11.1 Å². The molecule has 0 unspecified atom stereocenters. The van der Waals surface area contributed by atoms with Crippen molar-refractivity contribution in [1.29, 1.82) is 0 Å². The number of carboxylic acid groups (broad SMARTS) is 1. The van der Waals surface area contributed by atoms with Crippen LogP contribution in [0.1, 0.15) is 53.4 Å². The van der Waals surface area contributed by atoms with Crippen molar-refractivity contribution in [3.8, 4) is 23.0 Å². The van der Waals surface area contributed by atoms with E-state index in [9.17, 15) is 20.1 Å². The number of benzene rings is 2. The number of aryl methyl sites for hydroxylation is 1. The van der Waals surface area contributed by atoms with Crippen molar-refractivity contribution in [3.05, 3.63) is 46.0 Å². The van der Waals surface area contributed by atoms with E-state index >= 15 is 0 Å². The molecule has 0 fully saturated rings. The van der Waals surface area contributed by atoms with E-state index in [1.54, 1.807) is 0 Å². The van der Waals surface area contributed by atoms with Crippen LogP contribution in [0.15, 0.2) is 23.2 Å². The van der Waals surface area contributed by atoms with E-state index in [0.717, 1.165) is 42.5 Å². The maximum absolute atomic E-state index is 10.6. The SMILES string of the molecule is Cc1cc(C(C)(C)C)c(O)c(C)c1CC1=NCCN1.O.O=C(O)c1cc([O-])c([O-])c(O)c1.[Bi+2]. The number of nitrogens with one attached hydrogen (secondary N) is 1. The van der Waals surface area contributed by atoms with E-state index in [4.69, 9.17) is 10.2 Å². The monoisotopic (exact) mass is 655 g/mol. The zero-order valence-electron chi connectivity index (χ0n) is 19.3. The summed E-state index contributed by atoms with van der Waals surface area (Å²) in [7, 11) is 0. The van der Waals surface area contributed by atoms with Crippen LogP contribution in [-0.4, -0.2) is 71.9 Å². The molecule has 10 heteroatoms. The Bertz CT molecular complexity index is 1010. The number of rotatable bonds is 3. The molecule has 33 heavy (non-hydrogen) atoms. The van der Waals surface area contributed by atoms with Crippen LogP contribution >= 0.6 is 0 Å². The van der Waals surface area contributed by atoms with E-state index in [2.05, 4.69) is 44.1 Å². The Labute approximate surface area is 212 Å². The van der Waals surface area contributed by atoms with Crippen LogP contribution in [0.4, 0.5) is 0 Å². The smallest absolute Gasteiger partial charge is 0.873 e. The van der Waals surface area contributed by atoms with Gasteiger partial charge in [0.15, 0.2) is 0 Å².